The van der Waals surface area contributed by atoms with Crippen LogP contribution in [-0.4, -0.2) is 45.9 Å². The van der Waals surface area contributed by atoms with E-state index in [1.165, 1.54) is 0 Å². The van der Waals surface area contributed by atoms with E-state index in [-0.39, 0.29) is 38.7 Å². The molecule has 3 aliphatic rings. The third-order valence-electron chi connectivity index (χ3n) is 6.85. The predicted molar refractivity (Wildman–Crippen MR) is 152 cm³/mol. The van der Waals surface area contributed by atoms with Gasteiger partial charge in [-0.3, -0.25) is 14.9 Å². The average Bonchev–Trinajstić information content (AvgIpc) is 3.12. The molecule has 3 atom stereocenters. The number of Topliss-reactive ketones (excluding diaryl/α,β-unsaturated/α-hetero) is 1. The van der Waals surface area contributed by atoms with Crippen LogP contribution in [0, 0.1) is 5.92 Å². The van der Waals surface area contributed by atoms with Crippen LogP contribution in [0.3, 0.4) is 0 Å². The van der Waals surface area contributed by atoms with E-state index < -0.39 is 0 Å². The summed E-state index contributed by atoms with van der Waals surface area (Å²) in [5.74, 6) is 0.242. The van der Waals surface area contributed by atoms with Crippen LogP contribution in [0.25, 0.3) is 0 Å². The molecule has 2 N–H and O–H groups in total. The Balaban J connectivity index is 1.36. The molecule has 3 unspecified atom stereocenters. The van der Waals surface area contributed by atoms with E-state index in [9.17, 15) is 9.59 Å². The van der Waals surface area contributed by atoms with Gasteiger partial charge in [0, 0.05) is 29.0 Å². The number of ether oxygens (including phenoxy) is 1. The van der Waals surface area contributed by atoms with E-state index in [0.29, 0.717) is 26.0 Å². The molecule has 6 heteroatoms. The van der Waals surface area contributed by atoms with Gasteiger partial charge in [0.1, 0.15) is 0 Å². The van der Waals surface area contributed by atoms with E-state index >= 15 is 0 Å². The molecule has 5 nitrogen and oxygen atoms in total. The number of hydrogen-bond acceptors (Lipinski definition) is 4. The summed E-state index contributed by atoms with van der Waals surface area (Å²) < 4.78 is 6.23. The number of alkyl halides is 1. The monoisotopic (exact) mass is 592 g/mol. The lowest BCUT2D eigenvalue weighted by Gasteiger charge is -2.27. The number of allylic oxidation sites excluding steroid dienone is 7. The first-order chi connectivity index (χ1) is 16.6. The highest BCUT2D eigenvalue weighted by Crippen LogP contribution is 2.36. The molecule has 192 valence electrons. The summed E-state index contributed by atoms with van der Waals surface area (Å²) in [5.41, 5.74) is 1.94. The predicted octanol–water partition coefficient (Wildman–Crippen LogP) is 5.53. The molecule has 1 fully saturated rings. The van der Waals surface area contributed by atoms with Gasteiger partial charge in [-0.1, -0.05) is 85.0 Å². The largest absolute Gasteiger partial charge is 0.376 e. The molecule has 2 bridgehead atoms. The smallest absolute Gasteiger partial charge is 0.220 e. The van der Waals surface area contributed by atoms with E-state index in [0.717, 1.165) is 36.8 Å². The summed E-state index contributed by atoms with van der Waals surface area (Å²) in [6, 6.07) is -0.0836. The third kappa shape index (κ3) is 8.83. The summed E-state index contributed by atoms with van der Waals surface area (Å²) >= 11 is 2.43. The number of halogens is 1. The molecule has 0 aromatic heterocycles. The Bertz CT molecular complexity index is 921. The highest BCUT2D eigenvalue weighted by atomic mass is 127. The standard InChI is InChI=1S/C29H41IN2O3/c1-28(2,30)18-20-35-29(3,4)17-16-24(33)31-19-10-9-13-23-27(34)25-21-11-7-5-6-8-12-22(15-14-21)26(25)32-23/h5-8,11-12,14-15,23,25-26,32H,9-10,13,16-20H2,1-4H3,(H,31,33)/b6-5?,7-5-,8-6-,11-7?,12-8?,21-11+,22-12+. The van der Waals surface area contributed by atoms with Crippen LogP contribution in [0.4, 0.5) is 0 Å². The van der Waals surface area contributed by atoms with Crippen LogP contribution in [-0.2, 0) is 14.3 Å². The lowest BCUT2D eigenvalue weighted by atomic mass is 9.80. The zero-order chi connectivity index (χ0) is 25.5. The Morgan fingerprint density at radius 1 is 1.03 bits per heavy atom. The number of carbonyl (C=O) groups excluding carboxylic acids is 2. The summed E-state index contributed by atoms with van der Waals surface area (Å²) in [5, 5.41) is 6.62. The Kier molecular flexibility index (Phi) is 10.1. The number of carbonyl (C=O) groups is 2. The van der Waals surface area contributed by atoms with Gasteiger partial charge in [-0.25, -0.2) is 0 Å². The fourth-order valence-corrected chi connectivity index (χ4v) is 4.89. The zero-order valence-corrected chi connectivity index (χ0v) is 23.8. The molecular weight excluding hydrogens is 551 g/mol. The van der Waals surface area contributed by atoms with Crippen molar-refractivity contribution in [2.24, 2.45) is 5.92 Å². The van der Waals surface area contributed by atoms with Crippen LogP contribution in [0.1, 0.15) is 66.2 Å². The Labute approximate surface area is 224 Å². The minimum Gasteiger partial charge on any atom is -0.376 e. The van der Waals surface area contributed by atoms with Gasteiger partial charge in [-0.15, -0.1) is 0 Å². The molecule has 0 saturated carbocycles. The second-order valence-corrected chi connectivity index (χ2v) is 13.9. The molecule has 0 spiro atoms. The van der Waals surface area contributed by atoms with Crippen molar-refractivity contribution >= 4 is 34.3 Å². The number of rotatable bonds is 12. The van der Waals surface area contributed by atoms with E-state index in [4.69, 9.17) is 4.74 Å². The van der Waals surface area contributed by atoms with Crippen molar-refractivity contribution in [2.45, 2.75) is 87.3 Å². The van der Waals surface area contributed by atoms with Crippen LogP contribution in [0.5, 0.6) is 0 Å². The second kappa shape index (κ2) is 12.6. The van der Waals surface area contributed by atoms with Gasteiger partial charge in [0.15, 0.2) is 5.78 Å². The van der Waals surface area contributed by atoms with Crippen LogP contribution in [0.2, 0.25) is 0 Å². The molecule has 0 radical (unpaired) electrons. The molecule has 1 saturated heterocycles. The van der Waals surface area contributed by atoms with Crippen LogP contribution in [0.15, 0.2) is 59.8 Å². The molecule has 0 aromatic rings. The minimum absolute atomic E-state index is 0.0492. The highest BCUT2D eigenvalue weighted by Gasteiger charge is 2.44. The summed E-state index contributed by atoms with van der Waals surface area (Å²) in [6.07, 6.45) is 21.1. The topological polar surface area (TPSA) is 67.4 Å². The van der Waals surface area contributed by atoms with E-state index in [1.807, 2.05) is 24.3 Å². The molecule has 35 heavy (non-hydrogen) atoms. The Morgan fingerprint density at radius 3 is 2.43 bits per heavy atom. The summed E-state index contributed by atoms with van der Waals surface area (Å²) in [4.78, 5) is 25.5. The van der Waals surface area contributed by atoms with Gasteiger partial charge in [0.05, 0.1) is 17.6 Å². The molecular formula is C29H41IN2O3. The van der Waals surface area contributed by atoms with Gasteiger partial charge in [-0.05, 0) is 57.1 Å². The maximum atomic E-state index is 13.2. The number of nitrogens with one attached hydrogen (secondary N) is 2. The van der Waals surface area contributed by atoms with Crippen molar-refractivity contribution in [3.63, 3.8) is 0 Å². The van der Waals surface area contributed by atoms with E-state index in [1.54, 1.807) is 0 Å². The van der Waals surface area contributed by atoms with Crippen LogP contribution < -0.4 is 10.6 Å². The normalized spacial score (nSPS) is 28.6. The van der Waals surface area contributed by atoms with Gasteiger partial charge in [-0.2, -0.15) is 0 Å². The first-order valence-corrected chi connectivity index (χ1v) is 14.0. The number of ketones is 1. The molecule has 2 aliphatic carbocycles. The van der Waals surface area contributed by atoms with Gasteiger partial charge in [0.25, 0.3) is 0 Å². The molecule has 1 heterocycles. The van der Waals surface area contributed by atoms with Gasteiger partial charge < -0.3 is 10.1 Å². The molecule has 0 aromatic carbocycles. The Morgan fingerprint density at radius 2 is 1.71 bits per heavy atom. The third-order valence-corrected chi connectivity index (χ3v) is 7.39. The number of unbranched alkanes of at least 4 members (excludes halogenated alkanes) is 1. The fraction of sp³-hybridized carbons (Fsp3) is 0.586. The van der Waals surface area contributed by atoms with Gasteiger partial charge >= 0.3 is 0 Å². The lowest BCUT2D eigenvalue weighted by Crippen LogP contribution is -2.34. The minimum atomic E-state index is -0.301. The SMILES string of the molecule is CC(C)(I)CCOC(C)(C)CCC(=O)NCCCCC1NC2/C3=C/C=C\C=C/C=C(C=C3)/C2C1=O. The zero-order valence-electron chi connectivity index (χ0n) is 21.6. The van der Waals surface area contributed by atoms with Crippen molar-refractivity contribution in [3.05, 3.63) is 59.8 Å². The maximum Gasteiger partial charge on any atom is 0.220 e. The first-order valence-electron chi connectivity index (χ1n) is 12.9. The lowest BCUT2D eigenvalue weighted by molar-refractivity contribution is -0.123. The average molecular weight is 593 g/mol. The first kappa shape index (κ1) is 28.1. The number of hydrogen-bond donors (Lipinski definition) is 2. The summed E-state index contributed by atoms with van der Waals surface area (Å²) in [7, 11) is 0. The quantitative estimate of drug-likeness (QED) is 0.178. The molecule has 3 rings (SSSR count). The fourth-order valence-electron chi connectivity index (χ4n) is 4.67. The molecule has 1 amide bonds. The van der Waals surface area contributed by atoms with E-state index in [2.05, 4.69) is 85.2 Å². The van der Waals surface area contributed by atoms with Crippen molar-refractivity contribution < 1.29 is 14.3 Å². The van der Waals surface area contributed by atoms with Crippen molar-refractivity contribution in [3.8, 4) is 0 Å². The van der Waals surface area contributed by atoms with Crippen molar-refractivity contribution in [1.29, 1.82) is 0 Å². The number of amides is 1. The molecule has 1 aliphatic heterocycles. The summed E-state index contributed by atoms with van der Waals surface area (Å²) in [6.45, 7) is 9.84. The van der Waals surface area contributed by atoms with Crippen molar-refractivity contribution in [1.82, 2.24) is 10.6 Å². The van der Waals surface area contributed by atoms with Gasteiger partial charge in [0.2, 0.25) is 5.91 Å². The maximum absolute atomic E-state index is 13.2. The second-order valence-electron chi connectivity index (χ2n) is 10.9. The van der Waals surface area contributed by atoms with Crippen LogP contribution >= 0.6 is 22.6 Å². The van der Waals surface area contributed by atoms with Crippen molar-refractivity contribution in [2.75, 3.05) is 13.2 Å². The Hall–Kier alpha value is -1.51. The highest BCUT2D eigenvalue weighted by molar-refractivity contribution is 14.1.